The summed E-state index contributed by atoms with van der Waals surface area (Å²) in [7, 11) is 1.71. The van der Waals surface area contributed by atoms with Crippen molar-refractivity contribution in [3.8, 4) is 5.75 Å². The van der Waals surface area contributed by atoms with Crippen molar-refractivity contribution in [2.75, 3.05) is 26.7 Å². The van der Waals surface area contributed by atoms with Crippen LogP contribution in [0, 0.1) is 6.92 Å². The number of ether oxygens (including phenoxy) is 1. The van der Waals surface area contributed by atoms with Crippen LogP contribution in [0.2, 0.25) is 0 Å². The number of hydrogen-bond donors (Lipinski definition) is 2. The average Bonchev–Trinajstić information content (AvgIpc) is 2.63. The van der Waals surface area contributed by atoms with Crippen molar-refractivity contribution in [3.63, 3.8) is 0 Å². The maximum atomic E-state index is 5.44. The maximum absolute atomic E-state index is 5.44. The van der Waals surface area contributed by atoms with E-state index in [0.29, 0.717) is 6.54 Å². The number of nitrogens with zero attached hydrogens (tertiary/aromatic N) is 2. The van der Waals surface area contributed by atoms with Gasteiger partial charge in [0.1, 0.15) is 5.75 Å². The molecule has 6 heteroatoms. The van der Waals surface area contributed by atoms with Crippen molar-refractivity contribution in [3.05, 3.63) is 59.4 Å². The molecule has 0 aliphatic carbocycles. The number of benzene rings is 1. The van der Waals surface area contributed by atoms with Gasteiger partial charge < -0.3 is 15.4 Å². The number of rotatable bonds is 8. The van der Waals surface area contributed by atoms with Gasteiger partial charge in [-0.25, -0.2) is 0 Å². The molecule has 0 unspecified atom stereocenters. The Morgan fingerprint density at radius 1 is 1.15 bits per heavy atom. The molecule has 0 radical (unpaired) electrons. The van der Waals surface area contributed by atoms with E-state index in [1.54, 1.807) is 7.11 Å². The van der Waals surface area contributed by atoms with E-state index >= 15 is 0 Å². The molecule has 2 rings (SSSR count). The molecule has 0 saturated carbocycles. The topological polar surface area (TPSA) is 58.5 Å². The van der Waals surface area contributed by atoms with Crippen LogP contribution in [0.4, 0.5) is 0 Å². The molecule has 0 saturated heterocycles. The van der Waals surface area contributed by atoms with Crippen LogP contribution in [0.3, 0.4) is 0 Å². The second-order valence-electron chi connectivity index (χ2n) is 5.82. The summed E-state index contributed by atoms with van der Waals surface area (Å²) < 4.78 is 5.44. The molecular weight excluding hydrogens is 439 g/mol. The van der Waals surface area contributed by atoms with Crippen molar-refractivity contribution in [1.82, 2.24) is 15.6 Å². The Hall–Kier alpha value is -1.83. The Morgan fingerprint density at radius 2 is 2.00 bits per heavy atom. The predicted octanol–water partition coefficient (Wildman–Crippen LogP) is 3.36. The van der Waals surface area contributed by atoms with Crippen LogP contribution in [0.5, 0.6) is 5.75 Å². The van der Waals surface area contributed by atoms with Gasteiger partial charge in [-0.3, -0.25) is 9.98 Å². The van der Waals surface area contributed by atoms with E-state index in [9.17, 15) is 0 Å². The lowest BCUT2D eigenvalue weighted by Crippen LogP contribution is -2.38. The van der Waals surface area contributed by atoms with Gasteiger partial charge in [0.2, 0.25) is 0 Å². The highest BCUT2D eigenvalue weighted by Crippen LogP contribution is 2.19. The monoisotopic (exact) mass is 468 g/mol. The zero-order valence-electron chi connectivity index (χ0n) is 15.8. The van der Waals surface area contributed by atoms with Crippen molar-refractivity contribution in [2.45, 2.75) is 26.7 Å². The molecular formula is C20H29IN4O. The van der Waals surface area contributed by atoms with E-state index < -0.39 is 0 Å². The molecule has 26 heavy (non-hydrogen) atoms. The average molecular weight is 468 g/mol. The van der Waals surface area contributed by atoms with Crippen molar-refractivity contribution in [2.24, 2.45) is 4.99 Å². The summed E-state index contributed by atoms with van der Waals surface area (Å²) >= 11 is 0. The van der Waals surface area contributed by atoms with Crippen molar-refractivity contribution in [1.29, 1.82) is 0 Å². The van der Waals surface area contributed by atoms with Gasteiger partial charge in [-0.15, -0.1) is 24.0 Å². The van der Waals surface area contributed by atoms with Gasteiger partial charge in [-0.05, 0) is 44.0 Å². The summed E-state index contributed by atoms with van der Waals surface area (Å²) in [5.41, 5.74) is 3.51. The SMILES string of the molecule is CCNC(=NCCc1ccccn1)NCCc1cc(C)ccc1OC.I. The van der Waals surface area contributed by atoms with Gasteiger partial charge in [0.05, 0.1) is 7.11 Å². The summed E-state index contributed by atoms with van der Waals surface area (Å²) in [5.74, 6) is 1.77. The molecule has 1 aromatic carbocycles. The van der Waals surface area contributed by atoms with Crippen LogP contribution in [-0.2, 0) is 12.8 Å². The van der Waals surface area contributed by atoms with Gasteiger partial charge in [-0.1, -0.05) is 23.8 Å². The second-order valence-corrected chi connectivity index (χ2v) is 5.82. The van der Waals surface area contributed by atoms with Gasteiger partial charge in [0.25, 0.3) is 0 Å². The lowest BCUT2D eigenvalue weighted by molar-refractivity contribution is 0.409. The predicted molar refractivity (Wildman–Crippen MR) is 119 cm³/mol. The molecule has 1 heterocycles. The van der Waals surface area contributed by atoms with Crippen LogP contribution in [0.15, 0.2) is 47.6 Å². The third kappa shape index (κ3) is 7.59. The standard InChI is InChI=1S/C20H28N4O.HI/c1-4-21-20(24-14-11-18-7-5-6-12-22-18)23-13-10-17-15-16(2)8-9-19(17)25-3;/h5-9,12,15H,4,10-11,13-14H2,1-3H3,(H2,21,23,24);1H. The third-order valence-electron chi connectivity index (χ3n) is 3.83. The van der Waals surface area contributed by atoms with E-state index in [1.165, 1.54) is 11.1 Å². The van der Waals surface area contributed by atoms with Crippen molar-refractivity contribution >= 4 is 29.9 Å². The van der Waals surface area contributed by atoms with Gasteiger partial charge in [-0.2, -0.15) is 0 Å². The lowest BCUT2D eigenvalue weighted by Gasteiger charge is -2.13. The fraction of sp³-hybridized carbons (Fsp3) is 0.400. The number of aliphatic imine (C=N–C) groups is 1. The van der Waals surface area contributed by atoms with E-state index in [1.807, 2.05) is 30.5 Å². The molecule has 0 amide bonds. The molecule has 0 aliphatic heterocycles. The van der Waals surface area contributed by atoms with Crippen LogP contribution >= 0.6 is 24.0 Å². The first-order chi connectivity index (χ1) is 12.2. The van der Waals surface area contributed by atoms with Gasteiger partial charge in [0, 0.05) is 37.9 Å². The lowest BCUT2D eigenvalue weighted by atomic mass is 10.1. The summed E-state index contributed by atoms with van der Waals surface area (Å²) in [5, 5.41) is 6.67. The fourth-order valence-corrected chi connectivity index (χ4v) is 2.59. The largest absolute Gasteiger partial charge is 0.496 e. The highest BCUT2D eigenvalue weighted by Gasteiger charge is 2.04. The Labute approximate surface area is 173 Å². The number of halogens is 1. The first-order valence-corrected chi connectivity index (χ1v) is 8.78. The zero-order chi connectivity index (χ0) is 17.9. The first-order valence-electron chi connectivity index (χ1n) is 8.78. The van der Waals surface area contributed by atoms with E-state index in [-0.39, 0.29) is 24.0 Å². The number of aromatic nitrogens is 1. The molecule has 0 fully saturated rings. The van der Waals surface area contributed by atoms with Gasteiger partial charge >= 0.3 is 0 Å². The number of pyridine rings is 1. The molecule has 5 nitrogen and oxygen atoms in total. The molecule has 0 atom stereocenters. The number of methoxy groups -OCH3 is 1. The fourth-order valence-electron chi connectivity index (χ4n) is 2.59. The first kappa shape index (κ1) is 22.2. The quantitative estimate of drug-likeness (QED) is 0.355. The summed E-state index contributed by atoms with van der Waals surface area (Å²) in [6.45, 7) is 6.51. The molecule has 1 aromatic heterocycles. The molecule has 2 aromatic rings. The minimum Gasteiger partial charge on any atom is -0.496 e. The molecule has 2 N–H and O–H groups in total. The minimum atomic E-state index is 0. The highest BCUT2D eigenvalue weighted by molar-refractivity contribution is 14.0. The Balaban J connectivity index is 0.00000338. The second kappa shape index (κ2) is 12.5. The normalized spacial score (nSPS) is 10.8. The van der Waals surface area contributed by atoms with Crippen LogP contribution in [0.1, 0.15) is 23.7 Å². The number of guanidine groups is 1. The van der Waals surface area contributed by atoms with Crippen LogP contribution < -0.4 is 15.4 Å². The van der Waals surface area contributed by atoms with Crippen LogP contribution in [-0.4, -0.2) is 37.7 Å². The Bertz CT molecular complexity index is 677. The maximum Gasteiger partial charge on any atom is 0.191 e. The number of nitrogens with one attached hydrogen (secondary N) is 2. The summed E-state index contributed by atoms with van der Waals surface area (Å²) in [4.78, 5) is 8.95. The van der Waals surface area contributed by atoms with E-state index in [2.05, 4.69) is 46.6 Å². The van der Waals surface area contributed by atoms with Crippen molar-refractivity contribution < 1.29 is 4.74 Å². The number of hydrogen-bond acceptors (Lipinski definition) is 3. The number of aryl methyl sites for hydroxylation is 1. The Kier molecular flexibility index (Phi) is 10.7. The third-order valence-corrected chi connectivity index (χ3v) is 3.83. The zero-order valence-corrected chi connectivity index (χ0v) is 18.1. The molecule has 0 aliphatic rings. The van der Waals surface area contributed by atoms with E-state index in [0.717, 1.165) is 43.3 Å². The highest BCUT2D eigenvalue weighted by atomic mass is 127. The van der Waals surface area contributed by atoms with Crippen LogP contribution in [0.25, 0.3) is 0 Å². The molecule has 0 bridgehead atoms. The Morgan fingerprint density at radius 3 is 2.69 bits per heavy atom. The molecule has 142 valence electrons. The summed E-state index contributed by atoms with van der Waals surface area (Å²) in [6, 6.07) is 12.2. The smallest absolute Gasteiger partial charge is 0.191 e. The van der Waals surface area contributed by atoms with E-state index in [4.69, 9.17) is 4.74 Å². The molecule has 0 spiro atoms. The summed E-state index contributed by atoms with van der Waals surface area (Å²) in [6.07, 6.45) is 3.54. The minimum absolute atomic E-state index is 0. The van der Waals surface area contributed by atoms with Gasteiger partial charge in [0.15, 0.2) is 5.96 Å².